The lowest BCUT2D eigenvalue weighted by Gasteiger charge is -2.05. The molecule has 2 N–H and O–H groups in total. The highest BCUT2D eigenvalue weighted by Gasteiger charge is 2.13. The van der Waals surface area contributed by atoms with Crippen molar-refractivity contribution in [2.45, 2.75) is 0 Å². The van der Waals surface area contributed by atoms with Crippen LogP contribution in [-0.4, -0.2) is 11.0 Å². The van der Waals surface area contributed by atoms with Gasteiger partial charge < -0.3 is 14.8 Å². The number of carbonyl (C=O) groups excluding carboxylic acids is 1. The van der Waals surface area contributed by atoms with Crippen LogP contribution in [0.25, 0.3) is 11.0 Å². The predicted octanol–water partition coefficient (Wildman–Crippen LogP) is 3.40. The van der Waals surface area contributed by atoms with E-state index in [9.17, 15) is 14.7 Å². The first-order valence-corrected chi connectivity index (χ1v) is 6.74. The van der Waals surface area contributed by atoms with Crippen LogP contribution in [-0.2, 0) is 0 Å². The molecule has 0 fully saturated rings. The number of phenols is 1. The molecule has 0 bridgehead atoms. The molecule has 1 heterocycles. The molecular formula is C16H10ClNO4. The van der Waals surface area contributed by atoms with E-state index in [2.05, 4.69) is 5.32 Å². The maximum atomic E-state index is 12.1. The number of hydrogen-bond acceptors (Lipinski definition) is 4. The third-order valence-electron chi connectivity index (χ3n) is 3.04. The molecule has 0 saturated heterocycles. The van der Waals surface area contributed by atoms with Gasteiger partial charge in [-0.05, 0) is 42.5 Å². The Hall–Kier alpha value is -2.79. The summed E-state index contributed by atoms with van der Waals surface area (Å²) in [6.07, 6.45) is 0. The molecule has 6 heteroatoms. The fourth-order valence-corrected chi connectivity index (χ4v) is 2.11. The van der Waals surface area contributed by atoms with Gasteiger partial charge in [0, 0.05) is 16.8 Å². The van der Waals surface area contributed by atoms with E-state index in [4.69, 9.17) is 16.0 Å². The minimum absolute atomic E-state index is 0.0434. The summed E-state index contributed by atoms with van der Waals surface area (Å²) in [7, 11) is 0. The largest absolute Gasteiger partial charge is 0.508 e. The normalized spacial score (nSPS) is 10.6. The summed E-state index contributed by atoms with van der Waals surface area (Å²) in [4.78, 5) is 24.1. The fraction of sp³-hybridized carbons (Fsp3) is 0. The molecule has 0 saturated carbocycles. The van der Waals surface area contributed by atoms with Crippen molar-refractivity contribution in [3.8, 4) is 5.75 Å². The standard InChI is InChI=1S/C16H10ClNO4/c17-9-1-3-10(4-2-9)18-16(21)15-8-13(20)12-7-11(19)5-6-14(12)22-15/h1-8,19H,(H,18,21). The van der Waals surface area contributed by atoms with Crippen molar-refractivity contribution in [3.05, 3.63) is 69.5 Å². The lowest BCUT2D eigenvalue weighted by molar-refractivity contribution is 0.0997. The lowest BCUT2D eigenvalue weighted by atomic mass is 10.2. The van der Waals surface area contributed by atoms with E-state index in [0.717, 1.165) is 6.07 Å². The van der Waals surface area contributed by atoms with E-state index in [-0.39, 0.29) is 22.5 Å². The van der Waals surface area contributed by atoms with Crippen LogP contribution in [0.5, 0.6) is 5.75 Å². The molecule has 0 radical (unpaired) electrons. The van der Waals surface area contributed by atoms with Crippen LogP contribution in [0.1, 0.15) is 10.6 Å². The van der Waals surface area contributed by atoms with Gasteiger partial charge in [-0.15, -0.1) is 0 Å². The summed E-state index contributed by atoms with van der Waals surface area (Å²) in [5.74, 6) is -0.703. The molecule has 0 unspecified atom stereocenters. The number of carbonyl (C=O) groups is 1. The van der Waals surface area contributed by atoms with Crippen LogP contribution in [0.4, 0.5) is 5.69 Å². The van der Waals surface area contributed by atoms with E-state index < -0.39 is 11.3 Å². The molecule has 0 aliphatic rings. The molecule has 3 rings (SSSR count). The summed E-state index contributed by atoms with van der Waals surface area (Å²) in [5, 5.41) is 12.8. The van der Waals surface area contributed by atoms with Crippen molar-refractivity contribution in [1.29, 1.82) is 0 Å². The highest BCUT2D eigenvalue weighted by Crippen LogP contribution is 2.19. The molecule has 22 heavy (non-hydrogen) atoms. The van der Waals surface area contributed by atoms with Gasteiger partial charge in [0.25, 0.3) is 5.91 Å². The predicted molar refractivity (Wildman–Crippen MR) is 83.6 cm³/mol. The zero-order chi connectivity index (χ0) is 15.7. The van der Waals surface area contributed by atoms with Crippen LogP contribution in [0.15, 0.2) is 57.7 Å². The highest BCUT2D eigenvalue weighted by atomic mass is 35.5. The number of nitrogens with one attached hydrogen (secondary N) is 1. The van der Waals surface area contributed by atoms with Crippen molar-refractivity contribution in [2.75, 3.05) is 5.32 Å². The third kappa shape index (κ3) is 2.80. The lowest BCUT2D eigenvalue weighted by Crippen LogP contribution is -2.14. The van der Waals surface area contributed by atoms with Gasteiger partial charge in [-0.3, -0.25) is 9.59 Å². The van der Waals surface area contributed by atoms with Gasteiger partial charge in [-0.1, -0.05) is 11.6 Å². The Morgan fingerprint density at radius 2 is 1.82 bits per heavy atom. The molecule has 0 aliphatic heterocycles. The van der Waals surface area contributed by atoms with Crippen LogP contribution in [0, 0.1) is 0 Å². The Morgan fingerprint density at radius 1 is 1.09 bits per heavy atom. The molecule has 0 aliphatic carbocycles. The van der Waals surface area contributed by atoms with E-state index in [0.29, 0.717) is 10.7 Å². The summed E-state index contributed by atoms with van der Waals surface area (Å²) in [6.45, 7) is 0. The van der Waals surface area contributed by atoms with Gasteiger partial charge in [0.2, 0.25) is 0 Å². The first kappa shape index (κ1) is 14.2. The summed E-state index contributed by atoms with van der Waals surface area (Å²) < 4.78 is 5.41. The van der Waals surface area contributed by atoms with E-state index in [1.165, 1.54) is 18.2 Å². The Bertz CT molecular complexity index is 916. The SMILES string of the molecule is O=C(Nc1ccc(Cl)cc1)c1cc(=O)c2cc(O)ccc2o1. The van der Waals surface area contributed by atoms with E-state index in [1.807, 2.05) is 0 Å². The van der Waals surface area contributed by atoms with Gasteiger partial charge in [-0.2, -0.15) is 0 Å². The quantitative estimate of drug-likeness (QED) is 0.759. The van der Waals surface area contributed by atoms with Gasteiger partial charge >= 0.3 is 0 Å². The maximum absolute atomic E-state index is 12.1. The second-order valence-electron chi connectivity index (χ2n) is 4.62. The van der Waals surface area contributed by atoms with E-state index in [1.54, 1.807) is 24.3 Å². The second kappa shape index (κ2) is 5.54. The van der Waals surface area contributed by atoms with Gasteiger partial charge in [0.15, 0.2) is 11.2 Å². The Labute approximate surface area is 129 Å². The molecule has 1 amide bonds. The van der Waals surface area contributed by atoms with Crippen molar-refractivity contribution in [2.24, 2.45) is 0 Å². The molecular weight excluding hydrogens is 306 g/mol. The Kier molecular flexibility index (Phi) is 3.56. The molecule has 0 spiro atoms. The van der Waals surface area contributed by atoms with Crippen LogP contribution >= 0.6 is 11.6 Å². The van der Waals surface area contributed by atoms with E-state index >= 15 is 0 Å². The first-order valence-electron chi connectivity index (χ1n) is 6.37. The average Bonchev–Trinajstić information content (AvgIpc) is 2.50. The topological polar surface area (TPSA) is 79.5 Å². The van der Waals surface area contributed by atoms with Crippen molar-refractivity contribution >= 4 is 34.2 Å². The van der Waals surface area contributed by atoms with Crippen LogP contribution < -0.4 is 10.7 Å². The number of anilines is 1. The highest BCUT2D eigenvalue weighted by molar-refractivity contribution is 6.30. The second-order valence-corrected chi connectivity index (χ2v) is 5.05. The van der Waals surface area contributed by atoms with Gasteiger partial charge in [-0.25, -0.2) is 0 Å². The number of phenolic OH excluding ortho intramolecular Hbond substituents is 1. The molecule has 1 aromatic heterocycles. The summed E-state index contributed by atoms with van der Waals surface area (Å²) >= 11 is 5.77. The maximum Gasteiger partial charge on any atom is 0.291 e. The zero-order valence-electron chi connectivity index (χ0n) is 11.2. The number of fused-ring (bicyclic) bond motifs is 1. The number of halogens is 1. The molecule has 0 atom stereocenters. The fourth-order valence-electron chi connectivity index (χ4n) is 1.98. The van der Waals surface area contributed by atoms with Crippen molar-refractivity contribution in [1.82, 2.24) is 0 Å². The number of benzene rings is 2. The molecule has 110 valence electrons. The average molecular weight is 316 g/mol. The van der Waals surface area contributed by atoms with Gasteiger partial charge in [0.05, 0.1) is 5.39 Å². The van der Waals surface area contributed by atoms with Gasteiger partial charge in [0.1, 0.15) is 11.3 Å². The third-order valence-corrected chi connectivity index (χ3v) is 3.29. The monoisotopic (exact) mass is 315 g/mol. The number of aromatic hydroxyl groups is 1. The minimum atomic E-state index is -0.547. The minimum Gasteiger partial charge on any atom is -0.508 e. The molecule has 3 aromatic rings. The first-order chi connectivity index (χ1) is 10.5. The Morgan fingerprint density at radius 3 is 2.55 bits per heavy atom. The number of amides is 1. The zero-order valence-corrected chi connectivity index (χ0v) is 11.9. The van der Waals surface area contributed by atoms with Crippen molar-refractivity contribution in [3.63, 3.8) is 0 Å². The van der Waals surface area contributed by atoms with Crippen LogP contribution in [0.2, 0.25) is 5.02 Å². The smallest absolute Gasteiger partial charge is 0.291 e. The number of hydrogen-bond donors (Lipinski definition) is 2. The van der Waals surface area contributed by atoms with Crippen molar-refractivity contribution < 1.29 is 14.3 Å². The molecule has 5 nitrogen and oxygen atoms in total. The molecule has 2 aromatic carbocycles. The Balaban J connectivity index is 1.96. The summed E-state index contributed by atoms with van der Waals surface area (Å²) in [5.41, 5.74) is 0.354. The summed E-state index contributed by atoms with van der Waals surface area (Å²) in [6, 6.07) is 11.7. The van der Waals surface area contributed by atoms with Crippen LogP contribution in [0.3, 0.4) is 0 Å². The number of rotatable bonds is 2.